The number of halogens is 1. The Morgan fingerprint density at radius 1 is 1.13 bits per heavy atom. The standard InChI is InChI=1S/C24H29FN2O3/c1-4-16-9-10-18(15-21(16)28-3)29-20(5-2)24-23-19(27-11-7-6-8-12-27)13-17(25)14-22(23)30-26-24/h9-10,13-15,20H,4-8,11-12H2,1-3H3. The van der Waals surface area contributed by atoms with Crippen molar-refractivity contribution in [1.82, 2.24) is 5.16 Å². The number of fused-ring (bicyclic) bond motifs is 1. The first-order valence-corrected chi connectivity index (χ1v) is 10.8. The molecule has 0 saturated carbocycles. The fourth-order valence-electron chi connectivity index (χ4n) is 4.23. The summed E-state index contributed by atoms with van der Waals surface area (Å²) < 4.78 is 31.6. The minimum Gasteiger partial charge on any atom is -0.496 e. The smallest absolute Gasteiger partial charge is 0.172 e. The Bertz CT molecular complexity index is 1010. The van der Waals surface area contributed by atoms with Gasteiger partial charge in [-0.15, -0.1) is 0 Å². The van der Waals surface area contributed by atoms with Crippen molar-refractivity contribution < 1.29 is 18.4 Å². The molecule has 2 heterocycles. The quantitative estimate of drug-likeness (QED) is 0.472. The molecule has 0 aliphatic carbocycles. The first-order chi connectivity index (χ1) is 14.6. The lowest BCUT2D eigenvalue weighted by Gasteiger charge is -2.29. The molecule has 3 aromatic rings. The molecule has 160 valence electrons. The number of methoxy groups -OCH3 is 1. The van der Waals surface area contributed by atoms with Crippen LogP contribution in [0.5, 0.6) is 11.5 Å². The number of ether oxygens (including phenoxy) is 2. The molecule has 0 spiro atoms. The summed E-state index contributed by atoms with van der Waals surface area (Å²) in [5.74, 6) is 1.22. The summed E-state index contributed by atoms with van der Waals surface area (Å²) in [6.45, 7) is 5.97. The van der Waals surface area contributed by atoms with Crippen LogP contribution in [0.1, 0.15) is 56.9 Å². The summed E-state index contributed by atoms with van der Waals surface area (Å²) in [5, 5.41) is 5.16. The molecule has 2 aromatic carbocycles. The molecule has 1 fully saturated rings. The van der Waals surface area contributed by atoms with E-state index >= 15 is 0 Å². The van der Waals surface area contributed by atoms with E-state index in [-0.39, 0.29) is 11.9 Å². The van der Waals surface area contributed by atoms with Gasteiger partial charge in [0.2, 0.25) is 0 Å². The number of hydrogen-bond donors (Lipinski definition) is 0. The van der Waals surface area contributed by atoms with Crippen molar-refractivity contribution in [2.75, 3.05) is 25.1 Å². The average Bonchev–Trinajstić information content (AvgIpc) is 3.20. The Labute approximate surface area is 176 Å². The van der Waals surface area contributed by atoms with Gasteiger partial charge in [-0.25, -0.2) is 4.39 Å². The van der Waals surface area contributed by atoms with Gasteiger partial charge in [0.25, 0.3) is 0 Å². The number of hydrogen-bond acceptors (Lipinski definition) is 5. The zero-order valence-electron chi connectivity index (χ0n) is 17.9. The number of aryl methyl sites for hydroxylation is 1. The molecule has 0 bridgehead atoms. The fraction of sp³-hybridized carbons (Fsp3) is 0.458. The van der Waals surface area contributed by atoms with Crippen LogP contribution in [0.3, 0.4) is 0 Å². The van der Waals surface area contributed by atoms with Gasteiger partial charge in [0.15, 0.2) is 5.58 Å². The minimum absolute atomic E-state index is 0.306. The van der Waals surface area contributed by atoms with Crippen LogP contribution in [-0.2, 0) is 6.42 Å². The molecule has 30 heavy (non-hydrogen) atoms. The lowest BCUT2D eigenvalue weighted by molar-refractivity contribution is 0.191. The second-order valence-electron chi connectivity index (χ2n) is 7.76. The fourth-order valence-corrected chi connectivity index (χ4v) is 4.23. The van der Waals surface area contributed by atoms with Crippen LogP contribution in [0.25, 0.3) is 11.0 Å². The highest BCUT2D eigenvalue weighted by Gasteiger charge is 2.26. The SMILES string of the molecule is CCc1ccc(OC(CC)c2noc3cc(F)cc(N4CCCCC4)c23)cc1OC. The van der Waals surface area contributed by atoms with E-state index in [0.29, 0.717) is 23.4 Å². The van der Waals surface area contributed by atoms with E-state index in [4.69, 9.17) is 14.0 Å². The van der Waals surface area contributed by atoms with E-state index in [1.54, 1.807) is 13.2 Å². The van der Waals surface area contributed by atoms with Crippen LogP contribution >= 0.6 is 0 Å². The highest BCUT2D eigenvalue weighted by Crippen LogP contribution is 2.38. The zero-order valence-corrected chi connectivity index (χ0v) is 17.9. The molecule has 0 amide bonds. The number of aromatic nitrogens is 1. The molecule has 1 aliphatic heterocycles. The zero-order chi connectivity index (χ0) is 21.1. The highest BCUT2D eigenvalue weighted by atomic mass is 19.1. The summed E-state index contributed by atoms with van der Waals surface area (Å²) in [6.07, 6.45) is 4.71. The molecule has 1 unspecified atom stereocenters. The van der Waals surface area contributed by atoms with Crippen LogP contribution in [0.15, 0.2) is 34.9 Å². The van der Waals surface area contributed by atoms with Crippen molar-refractivity contribution in [3.05, 3.63) is 47.4 Å². The molecule has 1 saturated heterocycles. The van der Waals surface area contributed by atoms with E-state index < -0.39 is 0 Å². The molecule has 4 rings (SSSR count). The van der Waals surface area contributed by atoms with Gasteiger partial charge in [0, 0.05) is 25.2 Å². The van der Waals surface area contributed by atoms with E-state index in [1.807, 2.05) is 25.1 Å². The second kappa shape index (κ2) is 8.94. The highest BCUT2D eigenvalue weighted by molar-refractivity contribution is 5.93. The predicted molar refractivity (Wildman–Crippen MR) is 116 cm³/mol. The Balaban J connectivity index is 1.72. The van der Waals surface area contributed by atoms with E-state index in [2.05, 4.69) is 17.0 Å². The number of rotatable bonds is 7. The van der Waals surface area contributed by atoms with Gasteiger partial charge in [-0.1, -0.05) is 25.1 Å². The number of piperidine rings is 1. The summed E-state index contributed by atoms with van der Waals surface area (Å²) in [5.41, 5.74) is 3.16. The molecule has 5 nitrogen and oxygen atoms in total. The maximum Gasteiger partial charge on any atom is 0.172 e. The third-order valence-corrected chi connectivity index (χ3v) is 5.83. The summed E-state index contributed by atoms with van der Waals surface area (Å²) >= 11 is 0. The van der Waals surface area contributed by atoms with E-state index in [1.165, 1.54) is 12.5 Å². The number of anilines is 1. The van der Waals surface area contributed by atoms with Gasteiger partial charge in [0.1, 0.15) is 29.1 Å². The largest absolute Gasteiger partial charge is 0.496 e. The number of nitrogens with zero attached hydrogens (tertiary/aromatic N) is 2. The maximum atomic E-state index is 14.3. The van der Waals surface area contributed by atoms with Gasteiger partial charge in [0.05, 0.1) is 18.2 Å². The van der Waals surface area contributed by atoms with Gasteiger partial charge in [-0.3, -0.25) is 0 Å². The van der Waals surface area contributed by atoms with Crippen molar-refractivity contribution >= 4 is 16.7 Å². The molecule has 1 atom stereocenters. The Morgan fingerprint density at radius 3 is 2.63 bits per heavy atom. The Hall–Kier alpha value is -2.76. The van der Waals surface area contributed by atoms with Gasteiger partial charge < -0.3 is 18.9 Å². The van der Waals surface area contributed by atoms with Crippen molar-refractivity contribution in [3.63, 3.8) is 0 Å². The van der Waals surface area contributed by atoms with Gasteiger partial charge in [-0.2, -0.15) is 0 Å². The second-order valence-corrected chi connectivity index (χ2v) is 7.76. The molecule has 1 aromatic heterocycles. The molecule has 1 aliphatic rings. The molecule has 0 N–H and O–H groups in total. The van der Waals surface area contributed by atoms with Crippen LogP contribution in [0, 0.1) is 5.82 Å². The van der Waals surface area contributed by atoms with Crippen LogP contribution in [0.4, 0.5) is 10.1 Å². The average molecular weight is 413 g/mol. The third-order valence-electron chi connectivity index (χ3n) is 5.83. The van der Waals surface area contributed by atoms with Gasteiger partial charge in [-0.05, 0) is 49.8 Å². The van der Waals surface area contributed by atoms with Crippen molar-refractivity contribution in [1.29, 1.82) is 0 Å². The lowest BCUT2D eigenvalue weighted by atomic mass is 10.0. The number of benzene rings is 2. The van der Waals surface area contributed by atoms with Crippen LogP contribution in [-0.4, -0.2) is 25.4 Å². The van der Waals surface area contributed by atoms with Crippen molar-refractivity contribution in [2.45, 2.75) is 52.1 Å². The molecular formula is C24H29FN2O3. The summed E-state index contributed by atoms with van der Waals surface area (Å²) in [4.78, 5) is 2.24. The molecular weight excluding hydrogens is 383 g/mol. The van der Waals surface area contributed by atoms with Crippen LogP contribution < -0.4 is 14.4 Å². The Kier molecular flexibility index (Phi) is 6.11. The summed E-state index contributed by atoms with van der Waals surface area (Å²) in [7, 11) is 1.67. The van der Waals surface area contributed by atoms with Crippen molar-refractivity contribution in [3.8, 4) is 11.5 Å². The topological polar surface area (TPSA) is 47.7 Å². The normalized spacial score (nSPS) is 15.4. The Morgan fingerprint density at radius 2 is 1.93 bits per heavy atom. The third kappa shape index (κ3) is 3.95. The van der Waals surface area contributed by atoms with Crippen LogP contribution in [0.2, 0.25) is 0 Å². The first kappa shape index (κ1) is 20.5. The van der Waals surface area contributed by atoms with Crippen molar-refractivity contribution in [2.24, 2.45) is 0 Å². The monoisotopic (exact) mass is 412 g/mol. The maximum absolute atomic E-state index is 14.3. The van der Waals surface area contributed by atoms with E-state index in [0.717, 1.165) is 54.7 Å². The minimum atomic E-state index is -0.308. The van der Waals surface area contributed by atoms with Gasteiger partial charge >= 0.3 is 0 Å². The lowest BCUT2D eigenvalue weighted by Crippen LogP contribution is -2.29. The predicted octanol–water partition coefficient (Wildman–Crippen LogP) is 6.06. The van der Waals surface area contributed by atoms with E-state index in [9.17, 15) is 4.39 Å². The first-order valence-electron chi connectivity index (χ1n) is 10.8. The molecule has 6 heteroatoms. The molecule has 0 radical (unpaired) electrons. The summed E-state index contributed by atoms with van der Waals surface area (Å²) in [6, 6.07) is 8.90.